The fraction of sp³-hybridized carbons (Fsp3) is 0.476. The van der Waals surface area contributed by atoms with E-state index in [4.69, 9.17) is 0 Å². The molecule has 1 fully saturated rings. The average Bonchev–Trinajstić information content (AvgIpc) is 2.72. The highest BCUT2D eigenvalue weighted by molar-refractivity contribution is 5.92. The van der Waals surface area contributed by atoms with E-state index in [1.807, 2.05) is 37.5 Å². The third-order valence-corrected chi connectivity index (χ3v) is 5.23. The molecule has 0 aromatic carbocycles. The number of carbonyl (C=O) groups is 1. The van der Waals surface area contributed by atoms with Crippen LogP contribution in [0.25, 0.3) is 0 Å². The Morgan fingerprint density at radius 2 is 2.04 bits per heavy atom. The van der Waals surface area contributed by atoms with E-state index in [0.717, 1.165) is 25.1 Å². The van der Waals surface area contributed by atoms with Crippen molar-refractivity contribution in [3.8, 4) is 0 Å². The molecule has 26 heavy (non-hydrogen) atoms. The summed E-state index contributed by atoms with van der Waals surface area (Å²) in [5, 5.41) is 0. The van der Waals surface area contributed by atoms with Crippen LogP contribution in [0.2, 0.25) is 0 Å². The Labute approximate surface area is 156 Å². The lowest BCUT2D eigenvalue weighted by atomic mass is 9.99. The first-order chi connectivity index (χ1) is 12.7. The molecule has 138 valence electrons. The number of carbonyl (C=O) groups excluding carboxylic acids is 1. The Bertz CT molecular complexity index is 702. The molecule has 0 spiro atoms. The summed E-state index contributed by atoms with van der Waals surface area (Å²) >= 11 is 0. The largest absolute Gasteiger partial charge is 0.367 e. The lowest BCUT2D eigenvalue weighted by Gasteiger charge is -2.37. The van der Waals surface area contributed by atoms with Crippen LogP contribution >= 0.6 is 0 Å². The Kier molecular flexibility index (Phi) is 6.21. The third kappa shape index (κ3) is 4.40. The standard InChI is InChI=1S/C21H28N4O/c1-3-18-6-4-5-14-25(18)19-7-8-20(23-16-19)21(26)24(2)15-11-17-9-12-22-13-10-17/h7-10,12-13,16,18H,3-6,11,14-15H2,1-2H3. The van der Waals surface area contributed by atoms with Crippen LogP contribution in [0, 0.1) is 0 Å². The molecule has 0 aliphatic carbocycles. The zero-order valence-electron chi connectivity index (χ0n) is 15.8. The van der Waals surface area contributed by atoms with Gasteiger partial charge in [0.05, 0.1) is 11.9 Å². The topological polar surface area (TPSA) is 49.3 Å². The van der Waals surface area contributed by atoms with Gasteiger partial charge in [-0.15, -0.1) is 0 Å². The van der Waals surface area contributed by atoms with Crippen LogP contribution in [0.1, 0.15) is 48.7 Å². The molecule has 1 aliphatic heterocycles. The Hall–Kier alpha value is -2.43. The maximum atomic E-state index is 12.6. The van der Waals surface area contributed by atoms with Crippen molar-refractivity contribution in [1.29, 1.82) is 0 Å². The van der Waals surface area contributed by atoms with Gasteiger partial charge in [-0.2, -0.15) is 0 Å². The molecule has 1 unspecified atom stereocenters. The van der Waals surface area contributed by atoms with E-state index >= 15 is 0 Å². The summed E-state index contributed by atoms with van der Waals surface area (Å²) in [5.41, 5.74) is 2.82. The van der Waals surface area contributed by atoms with Crippen molar-refractivity contribution in [2.45, 2.75) is 45.1 Å². The van der Waals surface area contributed by atoms with Crippen molar-refractivity contribution >= 4 is 11.6 Å². The fourth-order valence-electron chi connectivity index (χ4n) is 3.59. The van der Waals surface area contributed by atoms with Crippen LogP contribution in [-0.4, -0.2) is 47.0 Å². The molecule has 1 amide bonds. The van der Waals surface area contributed by atoms with Crippen molar-refractivity contribution in [3.63, 3.8) is 0 Å². The molecule has 1 atom stereocenters. The average molecular weight is 352 g/mol. The highest BCUT2D eigenvalue weighted by Gasteiger charge is 2.22. The Morgan fingerprint density at radius 3 is 2.73 bits per heavy atom. The van der Waals surface area contributed by atoms with E-state index in [2.05, 4.69) is 21.8 Å². The van der Waals surface area contributed by atoms with Gasteiger partial charge in [0.15, 0.2) is 0 Å². The molecular weight excluding hydrogens is 324 g/mol. The van der Waals surface area contributed by atoms with Crippen molar-refractivity contribution in [3.05, 3.63) is 54.1 Å². The van der Waals surface area contributed by atoms with E-state index in [-0.39, 0.29) is 5.91 Å². The third-order valence-electron chi connectivity index (χ3n) is 5.23. The Balaban J connectivity index is 1.61. The second kappa shape index (κ2) is 8.79. The predicted molar refractivity (Wildman–Crippen MR) is 104 cm³/mol. The number of aromatic nitrogens is 2. The quantitative estimate of drug-likeness (QED) is 0.798. The molecule has 0 bridgehead atoms. The number of amides is 1. The molecule has 0 saturated carbocycles. The van der Waals surface area contributed by atoms with Gasteiger partial charge in [-0.1, -0.05) is 6.92 Å². The van der Waals surface area contributed by atoms with Crippen LogP contribution in [0.15, 0.2) is 42.9 Å². The molecule has 1 aliphatic rings. The van der Waals surface area contributed by atoms with Crippen molar-refractivity contribution < 1.29 is 4.79 Å². The molecule has 5 nitrogen and oxygen atoms in total. The van der Waals surface area contributed by atoms with Gasteiger partial charge in [0.2, 0.25) is 0 Å². The monoisotopic (exact) mass is 352 g/mol. The molecule has 3 rings (SSSR count). The van der Waals surface area contributed by atoms with Gasteiger partial charge >= 0.3 is 0 Å². The zero-order chi connectivity index (χ0) is 18.4. The summed E-state index contributed by atoms with van der Waals surface area (Å²) in [6.07, 6.45) is 11.2. The summed E-state index contributed by atoms with van der Waals surface area (Å²) in [6, 6.07) is 8.46. The molecular formula is C21H28N4O. The summed E-state index contributed by atoms with van der Waals surface area (Å²) in [6.45, 7) is 3.99. The first-order valence-electron chi connectivity index (χ1n) is 9.56. The van der Waals surface area contributed by atoms with Gasteiger partial charge in [-0.3, -0.25) is 9.78 Å². The summed E-state index contributed by atoms with van der Waals surface area (Å²) < 4.78 is 0. The van der Waals surface area contributed by atoms with Gasteiger partial charge in [0, 0.05) is 38.6 Å². The SMILES string of the molecule is CCC1CCCCN1c1ccc(C(=O)N(C)CCc2ccncc2)nc1. The van der Waals surface area contributed by atoms with Gasteiger partial charge < -0.3 is 9.80 Å². The number of rotatable bonds is 6. The van der Waals surface area contributed by atoms with Gasteiger partial charge in [0.25, 0.3) is 5.91 Å². The maximum Gasteiger partial charge on any atom is 0.272 e. The summed E-state index contributed by atoms with van der Waals surface area (Å²) in [7, 11) is 1.83. The van der Waals surface area contributed by atoms with Gasteiger partial charge in [-0.25, -0.2) is 4.98 Å². The van der Waals surface area contributed by atoms with E-state index in [0.29, 0.717) is 18.3 Å². The van der Waals surface area contributed by atoms with Crippen LogP contribution < -0.4 is 4.90 Å². The maximum absolute atomic E-state index is 12.6. The lowest BCUT2D eigenvalue weighted by molar-refractivity contribution is 0.0791. The first-order valence-corrected chi connectivity index (χ1v) is 9.56. The second-order valence-electron chi connectivity index (χ2n) is 6.99. The molecule has 0 radical (unpaired) electrons. The minimum Gasteiger partial charge on any atom is -0.367 e. The van der Waals surface area contributed by atoms with Crippen LogP contribution in [0.4, 0.5) is 5.69 Å². The molecule has 2 aromatic rings. The van der Waals surface area contributed by atoms with Gasteiger partial charge in [-0.05, 0) is 61.9 Å². The van der Waals surface area contributed by atoms with E-state index in [9.17, 15) is 4.79 Å². The number of nitrogens with zero attached hydrogens (tertiary/aromatic N) is 4. The number of likely N-dealkylation sites (N-methyl/N-ethyl adjacent to an activating group) is 1. The number of hydrogen-bond donors (Lipinski definition) is 0. The highest BCUT2D eigenvalue weighted by atomic mass is 16.2. The molecule has 5 heteroatoms. The zero-order valence-corrected chi connectivity index (χ0v) is 15.8. The second-order valence-corrected chi connectivity index (χ2v) is 6.99. The van der Waals surface area contributed by atoms with Crippen LogP contribution in [0.3, 0.4) is 0 Å². The minimum atomic E-state index is -0.0312. The normalized spacial score (nSPS) is 17.2. The Morgan fingerprint density at radius 1 is 1.23 bits per heavy atom. The molecule has 2 aromatic heterocycles. The van der Waals surface area contributed by atoms with E-state index in [1.165, 1.54) is 24.8 Å². The molecule has 3 heterocycles. The highest BCUT2D eigenvalue weighted by Crippen LogP contribution is 2.26. The van der Waals surface area contributed by atoms with Crippen molar-refractivity contribution in [1.82, 2.24) is 14.9 Å². The number of piperidine rings is 1. The number of hydrogen-bond acceptors (Lipinski definition) is 4. The van der Waals surface area contributed by atoms with Crippen molar-refractivity contribution in [2.24, 2.45) is 0 Å². The van der Waals surface area contributed by atoms with Crippen LogP contribution in [-0.2, 0) is 6.42 Å². The fourth-order valence-corrected chi connectivity index (χ4v) is 3.59. The van der Waals surface area contributed by atoms with Crippen LogP contribution in [0.5, 0.6) is 0 Å². The number of pyridine rings is 2. The van der Waals surface area contributed by atoms with Gasteiger partial charge in [0.1, 0.15) is 5.69 Å². The van der Waals surface area contributed by atoms with E-state index < -0.39 is 0 Å². The van der Waals surface area contributed by atoms with E-state index in [1.54, 1.807) is 17.3 Å². The summed E-state index contributed by atoms with van der Waals surface area (Å²) in [4.78, 5) is 25.3. The van der Waals surface area contributed by atoms with Crippen molar-refractivity contribution in [2.75, 3.05) is 25.0 Å². The summed E-state index contributed by atoms with van der Waals surface area (Å²) in [5.74, 6) is -0.0312. The smallest absolute Gasteiger partial charge is 0.272 e. The molecule has 0 N–H and O–H groups in total. The predicted octanol–water partition coefficient (Wildman–Crippen LogP) is 3.56. The lowest BCUT2D eigenvalue weighted by Crippen LogP contribution is -2.39. The molecule has 1 saturated heterocycles. The number of anilines is 1. The first kappa shape index (κ1) is 18.4. The minimum absolute atomic E-state index is 0.0312.